The van der Waals surface area contributed by atoms with Gasteiger partial charge in [0.2, 0.25) is 0 Å². The van der Waals surface area contributed by atoms with Gasteiger partial charge in [-0.15, -0.1) is 0 Å². The van der Waals surface area contributed by atoms with Gasteiger partial charge in [0.1, 0.15) is 0 Å². The maximum Gasteiger partial charge on any atom is 0.0306 e. The van der Waals surface area contributed by atoms with Gasteiger partial charge in [-0.1, -0.05) is 13.3 Å². The van der Waals surface area contributed by atoms with Gasteiger partial charge in [0.05, 0.1) is 0 Å². The lowest BCUT2D eigenvalue weighted by atomic mass is 10.2. The molecule has 0 spiro atoms. The number of unbranched alkanes of at least 4 members (excludes halogenated alkanes) is 1. The fraction of sp³-hybridized carbons (Fsp3) is 0.600. The minimum atomic E-state index is 0.475. The second kappa shape index (κ2) is 4.99. The Bertz CT molecular complexity index is 192. The van der Waals surface area contributed by atoms with E-state index in [0.29, 0.717) is 6.04 Å². The Morgan fingerprint density at radius 1 is 1.58 bits per heavy atom. The predicted octanol–water partition coefficient (Wildman–Crippen LogP) is 2.47. The maximum absolute atomic E-state index is 3.47. The highest BCUT2D eigenvalue weighted by Crippen LogP contribution is 2.09. The molecule has 1 rings (SSSR count). The van der Waals surface area contributed by atoms with Crippen LogP contribution in [0.15, 0.2) is 18.5 Å². The zero-order valence-electron chi connectivity index (χ0n) is 7.93. The van der Waals surface area contributed by atoms with E-state index in [1.54, 1.807) is 0 Å². The highest BCUT2D eigenvalue weighted by molar-refractivity contribution is 5.12. The number of aromatic nitrogens is 1. The van der Waals surface area contributed by atoms with Crippen LogP contribution in [0.5, 0.6) is 0 Å². The van der Waals surface area contributed by atoms with Crippen LogP contribution in [-0.2, 0) is 0 Å². The molecule has 0 bridgehead atoms. The summed E-state index contributed by atoms with van der Waals surface area (Å²) in [5.41, 5.74) is 1.34. The van der Waals surface area contributed by atoms with Crippen LogP contribution < -0.4 is 5.32 Å². The van der Waals surface area contributed by atoms with Crippen molar-refractivity contribution >= 4 is 0 Å². The summed E-state index contributed by atoms with van der Waals surface area (Å²) in [6, 6.07) is 2.59. The normalized spacial score (nSPS) is 13.2. The van der Waals surface area contributed by atoms with Gasteiger partial charge in [0.15, 0.2) is 0 Å². The second-order valence-corrected chi connectivity index (χ2v) is 3.17. The molecular formula is C10H18N2. The van der Waals surface area contributed by atoms with E-state index in [1.807, 2.05) is 12.4 Å². The van der Waals surface area contributed by atoms with Crippen LogP contribution in [0, 0.1) is 0 Å². The molecule has 0 radical (unpaired) electrons. The van der Waals surface area contributed by atoms with E-state index in [-0.39, 0.29) is 0 Å². The molecule has 0 saturated heterocycles. The van der Waals surface area contributed by atoms with Gasteiger partial charge in [-0.3, -0.25) is 0 Å². The molecule has 0 unspecified atom stereocenters. The molecule has 0 aliphatic carbocycles. The zero-order valence-corrected chi connectivity index (χ0v) is 7.93. The quantitative estimate of drug-likeness (QED) is 0.646. The van der Waals surface area contributed by atoms with Crippen LogP contribution >= 0.6 is 0 Å². The standard InChI is InChI=1S/C10H18N2/c1-3-4-6-12-9(2)10-5-7-11-8-10/h5,7-9,11-12H,3-4,6H2,1-2H3/t9-/m1/s1. The Balaban J connectivity index is 2.25. The summed E-state index contributed by atoms with van der Waals surface area (Å²) in [6.45, 7) is 5.52. The molecule has 0 aliphatic heterocycles. The molecule has 12 heavy (non-hydrogen) atoms. The topological polar surface area (TPSA) is 27.8 Å². The largest absolute Gasteiger partial charge is 0.367 e. The lowest BCUT2D eigenvalue weighted by molar-refractivity contribution is 0.555. The number of aromatic amines is 1. The summed E-state index contributed by atoms with van der Waals surface area (Å²) in [5.74, 6) is 0. The minimum Gasteiger partial charge on any atom is -0.367 e. The molecule has 68 valence electrons. The second-order valence-electron chi connectivity index (χ2n) is 3.17. The van der Waals surface area contributed by atoms with Crippen molar-refractivity contribution < 1.29 is 0 Å². The summed E-state index contributed by atoms with van der Waals surface area (Å²) in [6.07, 6.45) is 6.53. The van der Waals surface area contributed by atoms with Crippen molar-refractivity contribution in [1.82, 2.24) is 10.3 Å². The average molecular weight is 166 g/mol. The molecule has 0 aromatic carbocycles. The fourth-order valence-corrected chi connectivity index (χ4v) is 1.22. The maximum atomic E-state index is 3.47. The first-order chi connectivity index (χ1) is 5.84. The molecular weight excluding hydrogens is 148 g/mol. The van der Waals surface area contributed by atoms with E-state index < -0.39 is 0 Å². The molecule has 2 nitrogen and oxygen atoms in total. The van der Waals surface area contributed by atoms with Gasteiger partial charge in [-0.25, -0.2) is 0 Å². The summed E-state index contributed by atoms with van der Waals surface area (Å²) >= 11 is 0. The smallest absolute Gasteiger partial charge is 0.0306 e. The first-order valence-corrected chi connectivity index (χ1v) is 4.70. The number of hydrogen-bond donors (Lipinski definition) is 2. The molecule has 1 aromatic rings. The third-order valence-corrected chi connectivity index (χ3v) is 2.10. The van der Waals surface area contributed by atoms with Gasteiger partial charge in [0.25, 0.3) is 0 Å². The Hall–Kier alpha value is -0.760. The van der Waals surface area contributed by atoms with Gasteiger partial charge >= 0.3 is 0 Å². The molecule has 0 amide bonds. The lowest BCUT2D eigenvalue weighted by Crippen LogP contribution is -2.19. The first kappa shape index (κ1) is 9.33. The van der Waals surface area contributed by atoms with Crippen molar-refractivity contribution in [2.75, 3.05) is 6.54 Å². The molecule has 2 N–H and O–H groups in total. The van der Waals surface area contributed by atoms with Crippen LogP contribution in [0.2, 0.25) is 0 Å². The van der Waals surface area contributed by atoms with E-state index >= 15 is 0 Å². The number of H-pyrrole nitrogens is 1. The lowest BCUT2D eigenvalue weighted by Gasteiger charge is -2.11. The van der Waals surface area contributed by atoms with Crippen molar-refractivity contribution in [2.45, 2.75) is 32.7 Å². The molecule has 1 aromatic heterocycles. The van der Waals surface area contributed by atoms with Gasteiger partial charge in [-0.05, 0) is 31.5 Å². The van der Waals surface area contributed by atoms with Crippen LogP contribution in [-0.4, -0.2) is 11.5 Å². The third-order valence-electron chi connectivity index (χ3n) is 2.10. The monoisotopic (exact) mass is 166 g/mol. The van der Waals surface area contributed by atoms with Crippen molar-refractivity contribution in [2.24, 2.45) is 0 Å². The summed E-state index contributed by atoms with van der Waals surface area (Å²) in [4.78, 5) is 3.06. The zero-order chi connectivity index (χ0) is 8.81. The molecule has 2 heteroatoms. The van der Waals surface area contributed by atoms with Crippen LogP contribution in [0.1, 0.15) is 38.3 Å². The van der Waals surface area contributed by atoms with E-state index in [9.17, 15) is 0 Å². The molecule has 0 fully saturated rings. The van der Waals surface area contributed by atoms with Gasteiger partial charge < -0.3 is 10.3 Å². The number of nitrogens with one attached hydrogen (secondary N) is 2. The summed E-state index contributed by atoms with van der Waals surface area (Å²) < 4.78 is 0. The van der Waals surface area contributed by atoms with E-state index in [2.05, 4.69) is 30.2 Å². The highest BCUT2D eigenvalue weighted by Gasteiger charge is 2.02. The van der Waals surface area contributed by atoms with E-state index in [1.165, 1.54) is 18.4 Å². The summed E-state index contributed by atoms with van der Waals surface area (Å²) in [5, 5.41) is 3.47. The van der Waals surface area contributed by atoms with E-state index in [4.69, 9.17) is 0 Å². The SMILES string of the molecule is CCCCN[C@H](C)c1cc[nH]c1. The molecule has 0 aliphatic rings. The predicted molar refractivity (Wildman–Crippen MR) is 52.1 cm³/mol. The van der Waals surface area contributed by atoms with Crippen LogP contribution in [0.25, 0.3) is 0 Å². The molecule has 0 saturated carbocycles. The molecule has 1 heterocycles. The highest BCUT2D eigenvalue weighted by atomic mass is 14.9. The Kier molecular flexibility index (Phi) is 3.88. The Morgan fingerprint density at radius 2 is 2.42 bits per heavy atom. The first-order valence-electron chi connectivity index (χ1n) is 4.70. The Labute approximate surface area is 74.4 Å². The van der Waals surface area contributed by atoms with Crippen molar-refractivity contribution in [3.05, 3.63) is 24.0 Å². The fourth-order valence-electron chi connectivity index (χ4n) is 1.22. The van der Waals surface area contributed by atoms with Crippen molar-refractivity contribution in [1.29, 1.82) is 0 Å². The van der Waals surface area contributed by atoms with E-state index in [0.717, 1.165) is 6.54 Å². The minimum absolute atomic E-state index is 0.475. The van der Waals surface area contributed by atoms with Crippen molar-refractivity contribution in [3.8, 4) is 0 Å². The molecule has 1 atom stereocenters. The van der Waals surface area contributed by atoms with Crippen LogP contribution in [0.3, 0.4) is 0 Å². The third kappa shape index (κ3) is 2.70. The average Bonchev–Trinajstić information content (AvgIpc) is 2.56. The summed E-state index contributed by atoms with van der Waals surface area (Å²) in [7, 11) is 0. The van der Waals surface area contributed by atoms with Gasteiger partial charge in [0, 0.05) is 18.4 Å². The Morgan fingerprint density at radius 3 is 3.00 bits per heavy atom. The van der Waals surface area contributed by atoms with Crippen molar-refractivity contribution in [3.63, 3.8) is 0 Å². The number of hydrogen-bond acceptors (Lipinski definition) is 1. The van der Waals surface area contributed by atoms with Crippen LogP contribution in [0.4, 0.5) is 0 Å². The van der Waals surface area contributed by atoms with Gasteiger partial charge in [-0.2, -0.15) is 0 Å². The number of rotatable bonds is 5.